The molecule has 1 aliphatic heterocycles. The topological polar surface area (TPSA) is 90.5 Å². The van der Waals surface area contributed by atoms with Crippen molar-refractivity contribution in [2.45, 2.75) is 44.2 Å². The molecule has 0 spiro atoms. The molecule has 2 N–H and O–H groups in total. The van der Waals surface area contributed by atoms with Gasteiger partial charge in [-0.05, 0) is 68.2 Å². The van der Waals surface area contributed by atoms with Crippen LogP contribution in [0, 0.1) is 5.82 Å². The highest BCUT2D eigenvalue weighted by Gasteiger charge is 2.37. The highest BCUT2D eigenvalue weighted by atomic mass is 19.1. The van der Waals surface area contributed by atoms with E-state index in [1.807, 2.05) is 29.2 Å². The number of piperazine rings is 1. The molecule has 2 fully saturated rings. The molecule has 8 nitrogen and oxygen atoms in total. The van der Waals surface area contributed by atoms with Crippen LogP contribution in [0.1, 0.15) is 48.0 Å². The number of carbonyl (C=O) groups is 2. The van der Waals surface area contributed by atoms with Gasteiger partial charge in [0.05, 0.1) is 0 Å². The highest BCUT2D eigenvalue weighted by Crippen LogP contribution is 2.40. The molecule has 2 heterocycles. The maximum Gasteiger partial charge on any atom is 0.251 e. The van der Waals surface area contributed by atoms with E-state index in [-0.39, 0.29) is 17.6 Å². The standard InChI is InChI=1S/C31H37FN6O2/c1-2-37-17-19-38(20-18-37)31(40)27(5-3-14-33-28-21-26(28)22-10-12-25(32)13-11-22)36-30(39)24-8-6-23(7-9-24)29-34-15-4-16-35-29/h4,6-13,15-16,26-28,33H,2-3,5,14,17-21H2,1H3,(H,36,39)/t26-,27-,28+/m0/s1. The molecule has 40 heavy (non-hydrogen) atoms. The van der Waals surface area contributed by atoms with Gasteiger partial charge in [-0.1, -0.05) is 31.2 Å². The lowest BCUT2D eigenvalue weighted by atomic mass is 10.1. The summed E-state index contributed by atoms with van der Waals surface area (Å²) >= 11 is 0. The lowest BCUT2D eigenvalue weighted by molar-refractivity contribution is -0.135. The number of amides is 2. The first-order chi connectivity index (χ1) is 19.5. The van der Waals surface area contributed by atoms with Crippen molar-refractivity contribution in [2.75, 3.05) is 39.3 Å². The molecular weight excluding hydrogens is 507 g/mol. The van der Waals surface area contributed by atoms with Crippen LogP contribution in [0.15, 0.2) is 67.0 Å². The Bertz CT molecular complexity index is 1260. The smallest absolute Gasteiger partial charge is 0.251 e. The van der Waals surface area contributed by atoms with Gasteiger partial charge >= 0.3 is 0 Å². The zero-order valence-corrected chi connectivity index (χ0v) is 22.9. The van der Waals surface area contributed by atoms with Gasteiger partial charge in [-0.2, -0.15) is 0 Å². The van der Waals surface area contributed by atoms with Crippen LogP contribution in [-0.4, -0.2) is 82.9 Å². The number of halogens is 1. The zero-order chi connectivity index (χ0) is 27.9. The van der Waals surface area contributed by atoms with Gasteiger partial charge in [-0.25, -0.2) is 14.4 Å². The van der Waals surface area contributed by atoms with Crippen LogP contribution in [0.3, 0.4) is 0 Å². The van der Waals surface area contributed by atoms with Crippen molar-refractivity contribution in [3.05, 3.63) is 83.9 Å². The van der Waals surface area contributed by atoms with Crippen molar-refractivity contribution in [3.8, 4) is 11.4 Å². The van der Waals surface area contributed by atoms with Crippen LogP contribution in [0.4, 0.5) is 4.39 Å². The number of aromatic nitrogens is 2. The van der Waals surface area contributed by atoms with Gasteiger partial charge in [-0.15, -0.1) is 0 Å². The second kappa shape index (κ2) is 13.1. The Labute approximate surface area is 235 Å². The Morgan fingerprint density at radius 2 is 1.70 bits per heavy atom. The number of hydrogen-bond donors (Lipinski definition) is 2. The fourth-order valence-electron chi connectivity index (χ4n) is 5.32. The Kier molecular flexibility index (Phi) is 9.13. The van der Waals surface area contributed by atoms with Gasteiger partial charge in [-0.3, -0.25) is 9.59 Å². The molecule has 1 saturated carbocycles. The largest absolute Gasteiger partial charge is 0.340 e. The molecular formula is C31H37FN6O2. The van der Waals surface area contributed by atoms with Crippen molar-refractivity contribution in [1.82, 2.24) is 30.4 Å². The van der Waals surface area contributed by atoms with E-state index in [0.717, 1.165) is 50.1 Å². The molecule has 1 aliphatic carbocycles. The number of likely N-dealkylation sites (N-methyl/N-ethyl adjacent to an activating group) is 1. The lowest BCUT2D eigenvalue weighted by Gasteiger charge is -2.36. The van der Waals surface area contributed by atoms with Crippen molar-refractivity contribution in [2.24, 2.45) is 0 Å². The Morgan fingerprint density at radius 3 is 2.38 bits per heavy atom. The fourth-order valence-corrected chi connectivity index (χ4v) is 5.32. The monoisotopic (exact) mass is 544 g/mol. The van der Waals surface area contributed by atoms with E-state index in [1.54, 1.807) is 30.6 Å². The van der Waals surface area contributed by atoms with E-state index in [9.17, 15) is 14.0 Å². The normalized spacial score (nSPS) is 19.7. The van der Waals surface area contributed by atoms with Crippen LogP contribution in [0.2, 0.25) is 0 Å². The highest BCUT2D eigenvalue weighted by molar-refractivity contribution is 5.97. The van der Waals surface area contributed by atoms with Crippen LogP contribution in [-0.2, 0) is 4.79 Å². The summed E-state index contributed by atoms with van der Waals surface area (Å²) in [5.41, 5.74) is 2.46. The van der Waals surface area contributed by atoms with Crippen molar-refractivity contribution in [3.63, 3.8) is 0 Å². The minimum Gasteiger partial charge on any atom is -0.340 e. The molecule has 0 radical (unpaired) electrons. The third-order valence-corrected chi connectivity index (χ3v) is 7.87. The molecule has 1 aromatic heterocycles. The Morgan fingerprint density at radius 1 is 1.00 bits per heavy atom. The summed E-state index contributed by atoms with van der Waals surface area (Å²) in [4.78, 5) is 39.4. The summed E-state index contributed by atoms with van der Waals surface area (Å²) < 4.78 is 13.2. The van der Waals surface area contributed by atoms with Crippen molar-refractivity contribution < 1.29 is 14.0 Å². The minimum absolute atomic E-state index is 0.0194. The maximum absolute atomic E-state index is 13.5. The van der Waals surface area contributed by atoms with E-state index in [2.05, 4.69) is 32.4 Å². The molecule has 9 heteroatoms. The lowest BCUT2D eigenvalue weighted by Crippen LogP contribution is -2.55. The van der Waals surface area contributed by atoms with Crippen LogP contribution < -0.4 is 10.6 Å². The average Bonchev–Trinajstić information content (AvgIpc) is 3.78. The molecule has 3 atom stereocenters. The van der Waals surface area contributed by atoms with Gasteiger partial charge in [0, 0.05) is 61.7 Å². The van der Waals surface area contributed by atoms with E-state index in [4.69, 9.17) is 0 Å². The summed E-state index contributed by atoms with van der Waals surface area (Å²) in [6, 6.07) is 15.4. The number of benzene rings is 2. The summed E-state index contributed by atoms with van der Waals surface area (Å²) in [7, 11) is 0. The van der Waals surface area contributed by atoms with E-state index < -0.39 is 6.04 Å². The van der Waals surface area contributed by atoms with Gasteiger partial charge in [0.2, 0.25) is 5.91 Å². The average molecular weight is 545 g/mol. The number of nitrogens with zero attached hydrogens (tertiary/aromatic N) is 4. The van der Waals surface area contributed by atoms with Crippen molar-refractivity contribution in [1.29, 1.82) is 0 Å². The number of carbonyl (C=O) groups excluding carboxylic acids is 2. The van der Waals surface area contributed by atoms with Gasteiger partial charge in [0.25, 0.3) is 5.91 Å². The van der Waals surface area contributed by atoms with E-state index >= 15 is 0 Å². The molecule has 5 rings (SSSR count). The first-order valence-corrected chi connectivity index (χ1v) is 14.2. The van der Waals surface area contributed by atoms with E-state index in [1.165, 1.54) is 12.1 Å². The first kappa shape index (κ1) is 27.9. The third-order valence-electron chi connectivity index (χ3n) is 7.87. The SMILES string of the molecule is CCN1CCN(C(=O)[C@H](CCCN[C@@H]2C[C@H]2c2ccc(F)cc2)NC(=O)c2ccc(-c3ncccn3)cc2)CC1. The fraction of sp³-hybridized carbons (Fsp3) is 0.419. The van der Waals surface area contributed by atoms with Crippen LogP contribution >= 0.6 is 0 Å². The Balaban J connectivity index is 1.17. The number of hydrogen-bond acceptors (Lipinski definition) is 6. The second-order valence-electron chi connectivity index (χ2n) is 10.5. The van der Waals surface area contributed by atoms with E-state index in [0.29, 0.717) is 42.9 Å². The van der Waals surface area contributed by atoms with Crippen LogP contribution in [0.25, 0.3) is 11.4 Å². The van der Waals surface area contributed by atoms with Gasteiger partial charge < -0.3 is 20.4 Å². The molecule has 0 bridgehead atoms. The number of rotatable bonds is 11. The molecule has 2 aromatic carbocycles. The predicted molar refractivity (Wildman–Crippen MR) is 152 cm³/mol. The summed E-state index contributed by atoms with van der Waals surface area (Å²) in [5, 5.41) is 6.58. The molecule has 210 valence electrons. The molecule has 3 aromatic rings. The molecule has 2 amide bonds. The van der Waals surface area contributed by atoms with Gasteiger partial charge in [0.15, 0.2) is 5.82 Å². The maximum atomic E-state index is 13.5. The number of nitrogens with one attached hydrogen (secondary N) is 2. The summed E-state index contributed by atoms with van der Waals surface area (Å²) in [5.74, 6) is 0.492. The molecule has 0 unspecified atom stereocenters. The molecule has 1 saturated heterocycles. The Hall–Kier alpha value is -3.69. The predicted octanol–water partition coefficient (Wildman–Crippen LogP) is 3.47. The van der Waals surface area contributed by atoms with Crippen LogP contribution in [0.5, 0.6) is 0 Å². The summed E-state index contributed by atoms with van der Waals surface area (Å²) in [6.07, 6.45) is 5.69. The third kappa shape index (κ3) is 7.08. The summed E-state index contributed by atoms with van der Waals surface area (Å²) in [6.45, 7) is 6.88. The quantitative estimate of drug-likeness (QED) is 0.360. The van der Waals surface area contributed by atoms with Crippen molar-refractivity contribution >= 4 is 11.8 Å². The second-order valence-corrected chi connectivity index (χ2v) is 10.5. The first-order valence-electron chi connectivity index (χ1n) is 14.2. The zero-order valence-electron chi connectivity index (χ0n) is 22.9. The van der Waals surface area contributed by atoms with Gasteiger partial charge in [0.1, 0.15) is 11.9 Å². The minimum atomic E-state index is -0.591. The molecule has 2 aliphatic rings.